The molecule has 1 saturated heterocycles. The number of β-lactam (4-membered cyclic amide) rings is 1. The summed E-state index contributed by atoms with van der Waals surface area (Å²) in [4.78, 5) is 15.8. The lowest BCUT2D eigenvalue weighted by molar-refractivity contribution is -0.123. The molecule has 1 aliphatic heterocycles. The summed E-state index contributed by atoms with van der Waals surface area (Å²) in [5.41, 5.74) is 3.98. The number of ether oxygens (including phenoxy) is 1. The van der Waals surface area contributed by atoms with Crippen molar-refractivity contribution in [2.24, 2.45) is 0 Å². The Morgan fingerprint density at radius 1 is 0.807 bits per heavy atom. The van der Waals surface area contributed by atoms with Gasteiger partial charge in [-0.15, -0.1) is 0 Å². The second kappa shape index (κ2) is 16.8. The van der Waals surface area contributed by atoms with E-state index < -0.39 is 60.6 Å². The SMILES string of the molecule is COP(=O)(OC)c1ccc(-c2ccc([C@@H]3[C@@H](S(=O)(=O)C[C@H](O[Si](C)(C)C(C)(C)C)c4ccc(F)cc4)C(=O)N3c3ccccc3)c(OCc3ccccc3)c2)cc1. The zero-order chi connectivity index (χ0) is 41.2. The van der Waals surface area contributed by atoms with Gasteiger partial charge in [0, 0.05) is 25.5 Å². The van der Waals surface area contributed by atoms with Crippen molar-refractivity contribution in [3.8, 4) is 16.9 Å². The van der Waals surface area contributed by atoms with Gasteiger partial charge in [0.1, 0.15) is 18.2 Å². The fourth-order valence-corrected chi connectivity index (χ4v) is 11.1. The van der Waals surface area contributed by atoms with E-state index in [1.807, 2.05) is 61.6 Å². The molecule has 0 aromatic heterocycles. The summed E-state index contributed by atoms with van der Waals surface area (Å²) in [6.07, 6.45) is -0.943. The first-order chi connectivity index (χ1) is 27.0. The minimum atomic E-state index is -4.25. The Morgan fingerprint density at radius 3 is 1.96 bits per heavy atom. The van der Waals surface area contributed by atoms with Gasteiger partial charge in [-0.1, -0.05) is 106 Å². The first kappa shape index (κ1) is 42.2. The smallest absolute Gasteiger partial charge is 0.360 e. The number of nitrogens with zero attached hydrogens (tertiary/aromatic N) is 1. The van der Waals surface area contributed by atoms with E-state index in [1.54, 1.807) is 66.7 Å². The molecule has 6 rings (SSSR count). The molecule has 57 heavy (non-hydrogen) atoms. The van der Waals surface area contributed by atoms with E-state index in [9.17, 15) is 22.2 Å². The Labute approximate surface area is 336 Å². The highest BCUT2D eigenvalue weighted by Gasteiger charge is 2.57. The minimum Gasteiger partial charge on any atom is -0.489 e. The number of halogens is 1. The summed E-state index contributed by atoms with van der Waals surface area (Å²) >= 11 is 0. The lowest BCUT2D eigenvalue weighted by Gasteiger charge is -2.47. The summed E-state index contributed by atoms with van der Waals surface area (Å²) in [6.45, 7) is 10.4. The quantitative estimate of drug-likeness (QED) is 0.0583. The average molecular weight is 830 g/mol. The largest absolute Gasteiger partial charge is 0.489 e. The number of amides is 1. The normalized spacial score (nSPS) is 16.9. The molecule has 0 unspecified atom stereocenters. The van der Waals surface area contributed by atoms with Crippen LogP contribution in [0.25, 0.3) is 11.1 Å². The zero-order valence-electron chi connectivity index (χ0n) is 33.2. The maximum absolute atomic E-state index is 14.8. The Kier molecular flexibility index (Phi) is 12.4. The molecule has 0 bridgehead atoms. The van der Waals surface area contributed by atoms with E-state index in [0.29, 0.717) is 27.9 Å². The number of para-hydroxylation sites is 1. The van der Waals surface area contributed by atoms with Crippen LogP contribution in [-0.2, 0) is 39.3 Å². The summed E-state index contributed by atoms with van der Waals surface area (Å²) in [5.74, 6) is -1.11. The number of sulfone groups is 1. The van der Waals surface area contributed by atoms with Gasteiger partial charge in [-0.2, -0.15) is 0 Å². The molecule has 1 heterocycles. The molecule has 300 valence electrons. The van der Waals surface area contributed by atoms with Gasteiger partial charge in [-0.3, -0.25) is 9.36 Å². The summed E-state index contributed by atoms with van der Waals surface area (Å²) in [6, 6.07) is 35.7. The van der Waals surface area contributed by atoms with E-state index in [-0.39, 0.29) is 11.6 Å². The third kappa shape index (κ3) is 9.02. The van der Waals surface area contributed by atoms with Crippen LogP contribution in [0, 0.1) is 5.82 Å². The fraction of sp³-hybridized carbons (Fsp3) is 0.295. The molecular weight excluding hydrogens is 781 g/mol. The van der Waals surface area contributed by atoms with Crippen molar-refractivity contribution in [1.29, 1.82) is 0 Å². The topological polar surface area (TPSA) is 108 Å². The molecular formula is C44H49FNO8PSSi. The maximum atomic E-state index is 14.8. The minimum absolute atomic E-state index is 0.178. The Morgan fingerprint density at radius 2 is 1.39 bits per heavy atom. The van der Waals surface area contributed by atoms with Crippen LogP contribution in [0.5, 0.6) is 5.75 Å². The molecule has 0 spiro atoms. The monoisotopic (exact) mass is 829 g/mol. The highest BCUT2D eigenvalue weighted by atomic mass is 32.2. The summed E-state index contributed by atoms with van der Waals surface area (Å²) in [7, 11) is -7.64. The van der Waals surface area contributed by atoms with Crippen molar-refractivity contribution in [3.05, 3.63) is 150 Å². The molecule has 1 fully saturated rings. The lowest BCUT2D eigenvalue weighted by atomic mass is 9.90. The van der Waals surface area contributed by atoms with Crippen molar-refractivity contribution in [2.75, 3.05) is 24.9 Å². The fourth-order valence-electron chi connectivity index (χ4n) is 6.65. The van der Waals surface area contributed by atoms with Gasteiger partial charge in [-0.25, -0.2) is 12.8 Å². The molecule has 5 aromatic rings. The van der Waals surface area contributed by atoms with Gasteiger partial charge in [0.2, 0.25) is 5.91 Å². The average Bonchev–Trinajstić information content (AvgIpc) is 3.19. The number of carbonyl (C=O) groups is 1. The first-order valence-corrected chi connectivity index (χ1v) is 24.8. The van der Waals surface area contributed by atoms with Gasteiger partial charge < -0.3 is 23.1 Å². The second-order valence-electron chi connectivity index (χ2n) is 15.6. The standard InChI is InChI=1S/C44H49FNO8PSSi/c1-44(2,3)57(6,7)54-40(33-18-23-35(45)24-19-33)30-56(49,50)42-41(46(43(42)47)36-16-12-9-13-17-36)38-27-22-34(28-39(38)53-29-31-14-10-8-11-15-31)32-20-25-37(26-21-32)55(48,51-4)52-5/h8-28,40-42H,29-30H2,1-7H3/t40-,41+,42+/m0/s1. The molecule has 3 atom stereocenters. The van der Waals surface area contributed by atoms with Crippen molar-refractivity contribution in [2.45, 2.75) is 62.9 Å². The number of carbonyl (C=O) groups excluding carboxylic acids is 1. The van der Waals surface area contributed by atoms with Gasteiger partial charge in [0.05, 0.1) is 23.2 Å². The number of hydrogen-bond donors (Lipinski definition) is 0. The van der Waals surface area contributed by atoms with Crippen molar-refractivity contribution < 1.29 is 40.4 Å². The van der Waals surface area contributed by atoms with Crippen LogP contribution in [0.1, 0.15) is 49.6 Å². The van der Waals surface area contributed by atoms with Crippen LogP contribution in [-0.4, -0.2) is 47.9 Å². The number of anilines is 1. The third-order valence-corrected chi connectivity index (χ3v) is 19.3. The molecule has 0 N–H and O–H groups in total. The Hall–Kier alpha value is -4.42. The van der Waals surface area contributed by atoms with E-state index in [1.165, 1.54) is 31.3 Å². The van der Waals surface area contributed by atoms with E-state index >= 15 is 0 Å². The summed E-state index contributed by atoms with van der Waals surface area (Å²) < 4.78 is 80.4. The summed E-state index contributed by atoms with van der Waals surface area (Å²) in [5, 5.41) is -1.33. The molecule has 9 nitrogen and oxygen atoms in total. The molecule has 13 heteroatoms. The number of benzene rings is 5. The number of hydrogen-bond acceptors (Lipinski definition) is 8. The molecule has 5 aromatic carbocycles. The third-order valence-electron chi connectivity index (χ3n) is 10.9. The Bertz CT molecular complexity index is 2330. The van der Waals surface area contributed by atoms with Crippen LogP contribution in [0.3, 0.4) is 0 Å². The predicted molar refractivity (Wildman–Crippen MR) is 226 cm³/mol. The zero-order valence-corrected chi connectivity index (χ0v) is 35.9. The van der Waals surface area contributed by atoms with Crippen LogP contribution < -0.4 is 14.9 Å². The van der Waals surface area contributed by atoms with Crippen molar-refractivity contribution in [1.82, 2.24) is 0 Å². The molecule has 0 saturated carbocycles. The lowest BCUT2D eigenvalue weighted by Crippen LogP contribution is -2.63. The molecule has 0 aliphatic carbocycles. The van der Waals surface area contributed by atoms with E-state index in [4.69, 9.17) is 18.2 Å². The van der Waals surface area contributed by atoms with Gasteiger partial charge >= 0.3 is 7.60 Å². The highest BCUT2D eigenvalue weighted by molar-refractivity contribution is 7.93. The van der Waals surface area contributed by atoms with Gasteiger partial charge in [0.25, 0.3) is 0 Å². The van der Waals surface area contributed by atoms with Crippen molar-refractivity contribution >= 4 is 42.6 Å². The Balaban J connectivity index is 1.44. The van der Waals surface area contributed by atoms with E-state index in [2.05, 4.69) is 20.8 Å². The van der Waals surface area contributed by atoms with Crippen molar-refractivity contribution in [3.63, 3.8) is 0 Å². The highest BCUT2D eigenvalue weighted by Crippen LogP contribution is 2.49. The van der Waals surface area contributed by atoms with Gasteiger partial charge in [0.15, 0.2) is 23.4 Å². The van der Waals surface area contributed by atoms with Crippen LogP contribution in [0.4, 0.5) is 10.1 Å². The van der Waals surface area contributed by atoms with Crippen LogP contribution >= 0.6 is 7.60 Å². The predicted octanol–water partition coefficient (Wildman–Crippen LogP) is 9.82. The molecule has 0 radical (unpaired) electrons. The number of rotatable bonds is 15. The van der Waals surface area contributed by atoms with Gasteiger partial charge in [-0.05, 0) is 82.9 Å². The maximum Gasteiger partial charge on any atom is 0.360 e. The molecule has 1 aliphatic rings. The van der Waals surface area contributed by atoms with Crippen LogP contribution in [0.15, 0.2) is 127 Å². The van der Waals surface area contributed by atoms with E-state index in [0.717, 1.165) is 16.7 Å². The first-order valence-electron chi connectivity index (χ1n) is 18.6. The van der Waals surface area contributed by atoms with Crippen LogP contribution in [0.2, 0.25) is 18.1 Å². The second-order valence-corrected chi connectivity index (χ2v) is 24.8. The molecule has 1 amide bonds.